The maximum atomic E-state index is 13.5. The Bertz CT molecular complexity index is 728. The van der Waals surface area contributed by atoms with Crippen molar-refractivity contribution in [1.29, 1.82) is 0 Å². The first-order chi connectivity index (χ1) is 11.0. The summed E-state index contributed by atoms with van der Waals surface area (Å²) in [4.78, 5) is 8.48. The lowest BCUT2D eigenvalue weighted by molar-refractivity contribution is 0.199. The summed E-state index contributed by atoms with van der Waals surface area (Å²) in [6.45, 7) is 5.03. The van der Waals surface area contributed by atoms with Gasteiger partial charge in [0.1, 0.15) is 11.6 Å². The predicted molar refractivity (Wildman–Crippen MR) is 89.2 cm³/mol. The van der Waals surface area contributed by atoms with E-state index in [4.69, 9.17) is 0 Å². The number of benzene rings is 1. The first-order valence-electron chi connectivity index (χ1n) is 7.56. The molecule has 0 amide bonds. The fraction of sp³-hybridized carbons (Fsp3) is 0.294. The van der Waals surface area contributed by atoms with Gasteiger partial charge in [-0.3, -0.25) is 0 Å². The van der Waals surface area contributed by atoms with Crippen molar-refractivity contribution < 1.29 is 9.50 Å². The van der Waals surface area contributed by atoms with Gasteiger partial charge in [-0.2, -0.15) is 4.98 Å². The Kier molecular flexibility index (Phi) is 4.25. The van der Waals surface area contributed by atoms with E-state index >= 15 is 0 Å². The van der Waals surface area contributed by atoms with Gasteiger partial charge in [0.05, 0.1) is 11.7 Å². The molecule has 2 aromatic rings. The van der Waals surface area contributed by atoms with Gasteiger partial charge < -0.3 is 15.7 Å². The van der Waals surface area contributed by atoms with Crippen LogP contribution in [0, 0.1) is 0 Å². The molecule has 1 aromatic heterocycles. The van der Waals surface area contributed by atoms with E-state index in [1.165, 1.54) is 6.20 Å². The minimum atomic E-state index is -0.559. The van der Waals surface area contributed by atoms with E-state index < -0.39 is 11.9 Å². The molecule has 3 rings (SSSR count). The second-order valence-corrected chi connectivity index (χ2v) is 5.71. The zero-order valence-electron chi connectivity index (χ0n) is 12.9. The van der Waals surface area contributed by atoms with E-state index in [0.717, 1.165) is 24.1 Å². The molecule has 1 atom stereocenters. The first-order valence-corrected chi connectivity index (χ1v) is 7.56. The van der Waals surface area contributed by atoms with E-state index in [9.17, 15) is 9.50 Å². The SMILES string of the molecule is C=C(F)c1cnc(Nc2cccc(C(C)O)c2)nc1NC1CC1. The van der Waals surface area contributed by atoms with Gasteiger partial charge in [0, 0.05) is 17.9 Å². The molecule has 0 radical (unpaired) electrons. The average Bonchev–Trinajstić information content (AvgIpc) is 3.31. The van der Waals surface area contributed by atoms with Crippen molar-refractivity contribution in [3.8, 4) is 0 Å². The van der Waals surface area contributed by atoms with E-state index in [-0.39, 0.29) is 5.56 Å². The highest BCUT2D eigenvalue weighted by Gasteiger charge is 2.23. The number of aliphatic hydroxyl groups is 1. The number of hydrogen-bond acceptors (Lipinski definition) is 5. The molecule has 1 aromatic carbocycles. The van der Waals surface area contributed by atoms with Gasteiger partial charge in [0.2, 0.25) is 5.95 Å². The molecule has 1 aliphatic carbocycles. The number of nitrogens with one attached hydrogen (secondary N) is 2. The lowest BCUT2D eigenvalue weighted by atomic mass is 10.1. The van der Waals surface area contributed by atoms with Crippen LogP contribution < -0.4 is 10.6 Å². The minimum Gasteiger partial charge on any atom is -0.389 e. The molecule has 1 fully saturated rings. The van der Waals surface area contributed by atoms with Crippen molar-refractivity contribution in [2.75, 3.05) is 10.6 Å². The lowest BCUT2D eigenvalue weighted by Gasteiger charge is -2.12. The Morgan fingerprint density at radius 1 is 1.43 bits per heavy atom. The Balaban J connectivity index is 1.85. The Hall–Kier alpha value is -2.47. The largest absolute Gasteiger partial charge is 0.389 e. The maximum absolute atomic E-state index is 13.5. The summed E-state index contributed by atoms with van der Waals surface area (Å²) in [5.41, 5.74) is 1.83. The average molecular weight is 314 g/mol. The van der Waals surface area contributed by atoms with Crippen molar-refractivity contribution in [3.63, 3.8) is 0 Å². The Morgan fingerprint density at radius 2 is 2.22 bits per heavy atom. The topological polar surface area (TPSA) is 70.1 Å². The van der Waals surface area contributed by atoms with Crippen LogP contribution in [0.5, 0.6) is 0 Å². The number of anilines is 3. The second kappa shape index (κ2) is 6.34. The highest BCUT2D eigenvalue weighted by atomic mass is 19.1. The van der Waals surface area contributed by atoms with Crippen molar-refractivity contribution in [2.24, 2.45) is 0 Å². The molecule has 1 saturated carbocycles. The Labute approximate surface area is 134 Å². The van der Waals surface area contributed by atoms with Crippen LogP contribution in [0.2, 0.25) is 0 Å². The molecule has 0 saturated heterocycles. The molecule has 1 heterocycles. The summed E-state index contributed by atoms with van der Waals surface area (Å²) in [6.07, 6.45) is 2.98. The number of aromatic nitrogens is 2. The molecule has 6 heteroatoms. The molecule has 0 aliphatic heterocycles. The molecule has 3 N–H and O–H groups in total. The number of aliphatic hydroxyl groups excluding tert-OH is 1. The summed E-state index contributed by atoms with van der Waals surface area (Å²) in [5.74, 6) is 0.251. The van der Waals surface area contributed by atoms with E-state index in [2.05, 4.69) is 27.2 Å². The molecule has 1 aliphatic rings. The number of halogens is 1. The summed E-state index contributed by atoms with van der Waals surface area (Å²) in [7, 11) is 0. The van der Waals surface area contributed by atoms with Gasteiger partial charge in [-0.15, -0.1) is 0 Å². The van der Waals surface area contributed by atoms with Gasteiger partial charge in [0.25, 0.3) is 0 Å². The fourth-order valence-electron chi connectivity index (χ4n) is 2.18. The smallest absolute Gasteiger partial charge is 0.229 e. The van der Waals surface area contributed by atoms with Crippen LogP contribution >= 0.6 is 0 Å². The minimum absolute atomic E-state index is 0.278. The molecular formula is C17H19FN4O. The van der Waals surface area contributed by atoms with Crippen LogP contribution in [-0.2, 0) is 0 Å². The Morgan fingerprint density at radius 3 is 2.87 bits per heavy atom. The molecule has 23 heavy (non-hydrogen) atoms. The zero-order valence-corrected chi connectivity index (χ0v) is 12.9. The monoisotopic (exact) mass is 314 g/mol. The predicted octanol–water partition coefficient (Wildman–Crippen LogP) is 3.79. The van der Waals surface area contributed by atoms with Crippen LogP contribution in [0.1, 0.15) is 37.0 Å². The van der Waals surface area contributed by atoms with Gasteiger partial charge in [-0.25, -0.2) is 9.37 Å². The van der Waals surface area contributed by atoms with Crippen LogP contribution in [-0.4, -0.2) is 21.1 Å². The zero-order chi connectivity index (χ0) is 16.4. The van der Waals surface area contributed by atoms with Gasteiger partial charge in [-0.1, -0.05) is 18.7 Å². The highest BCUT2D eigenvalue weighted by molar-refractivity contribution is 5.69. The lowest BCUT2D eigenvalue weighted by Crippen LogP contribution is -2.08. The van der Waals surface area contributed by atoms with Crippen LogP contribution in [0.15, 0.2) is 37.0 Å². The quantitative estimate of drug-likeness (QED) is 0.757. The third-order valence-corrected chi connectivity index (χ3v) is 3.62. The second-order valence-electron chi connectivity index (χ2n) is 5.71. The van der Waals surface area contributed by atoms with Crippen LogP contribution in [0.25, 0.3) is 5.83 Å². The number of nitrogens with zero attached hydrogens (tertiary/aromatic N) is 2. The van der Waals surface area contributed by atoms with Crippen LogP contribution in [0.4, 0.5) is 21.8 Å². The van der Waals surface area contributed by atoms with Crippen molar-refractivity contribution >= 4 is 23.3 Å². The normalized spacial score (nSPS) is 15.1. The van der Waals surface area contributed by atoms with E-state index in [1.807, 2.05) is 24.3 Å². The number of rotatable bonds is 6. The van der Waals surface area contributed by atoms with Crippen molar-refractivity contribution in [2.45, 2.75) is 31.9 Å². The first kappa shape index (κ1) is 15.4. The van der Waals surface area contributed by atoms with Gasteiger partial charge in [0.15, 0.2) is 0 Å². The van der Waals surface area contributed by atoms with Crippen molar-refractivity contribution in [1.82, 2.24) is 9.97 Å². The molecule has 0 bridgehead atoms. The molecule has 0 spiro atoms. The molecular weight excluding hydrogens is 295 g/mol. The van der Waals surface area contributed by atoms with Gasteiger partial charge >= 0.3 is 0 Å². The third kappa shape index (κ3) is 3.84. The summed E-state index contributed by atoms with van der Waals surface area (Å²) >= 11 is 0. The number of hydrogen-bond donors (Lipinski definition) is 3. The van der Waals surface area contributed by atoms with E-state index in [0.29, 0.717) is 17.8 Å². The standard InChI is InChI=1S/C17H19FN4O/c1-10(18)15-9-19-17(22-16(15)20-13-6-7-13)21-14-5-3-4-12(8-14)11(2)23/h3-5,8-9,11,13,23H,1,6-7H2,2H3,(H2,19,20,21,22). The van der Waals surface area contributed by atoms with Gasteiger partial charge in [-0.05, 0) is 37.5 Å². The fourth-order valence-corrected chi connectivity index (χ4v) is 2.18. The molecule has 5 nitrogen and oxygen atoms in total. The summed E-state index contributed by atoms with van der Waals surface area (Å²) in [5, 5.41) is 15.9. The summed E-state index contributed by atoms with van der Waals surface area (Å²) < 4.78 is 13.5. The van der Waals surface area contributed by atoms with Crippen molar-refractivity contribution in [3.05, 3.63) is 48.2 Å². The molecule has 120 valence electrons. The highest BCUT2D eigenvalue weighted by Crippen LogP contribution is 2.29. The van der Waals surface area contributed by atoms with E-state index in [1.54, 1.807) is 6.92 Å². The third-order valence-electron chi connectivity index (χ3n) is 3.62. The maximum Gasteiger partial charge on any atom is 0.229 e. The summed E-state index contributed by atoms with van der Waals surface area (Å²) in [6, 6.07) is 7.70. The van der Waals surface area contributed by atoms with Crippen LogP contribution in [0.3, 0.4) is 0 Å². The molecule has 1 unspecified atom stereocenters.